The highest BCUT2D eigenvalue weighted by Crippen LogP contribution is 2.50. The van der Waals surface area contributed by atoms with E-state index in [4.69, 9.17) is 0 Å². The van der Waals surface area contributed by atoms with E-state index in [0.29, 0.717) is 5.41 Å². The minimum atomic E-state index is 0.623. The predicted octanol–water partition coefficient (Wildman–Crippen LogP) is 6.57. The number of aryl methyl sites for hydroxylation is 1. The van der Waals surface area contributed by atoms with Gasteiger partial charge in [-0.2, -0.15) is 0 Å². The van der Waals surface area contributed by atoms with Gasteiger partial charge in [0.05, 0.1) is 0 Å². The van der Waals surface area contributed by atoms with Crippen molar-refractivity contribution in [3.63, 3.8) is 0 Å². The minimum absolute atomic E-state index is 0.623. The molecule has 0 unspecified atom stereocenters. The molecule has 0 heteroatoms. The summed E-state index contributed by atoms with van der Waals surface area (Å²) in [5, 5.41) is 0. The molecule has 1 fully saturated rings. The molecule has 118 valence electrons. The van der Waals surface area contributed by atoms with Gasteiger partial charge in [0.1, 0.15) is 0 Å². The lowest BCUT2D eigenvalue weighted by Gasteiger charge is -2.42. The fraction of sp³-hybridized carbons (Fsp3) is 0.391. The van der Waals surface area contributed by atoms with Crippen LogP contribution >= 0.6 is 0 Å². The fourth-order valence-electron chi connectivity index (χ4n) is 4.35. The van der Waals surface area contributed by atoms with Gasteiger partial charge in [0.2, 0.25) is 0 Å². The molecular weight excluding hydrogens is 276 g/mol. The molecule has 0 amide bonds. The number of fused-ring (bicyclic) bond motifs is 1. The number of allylic oxidation sites excluding steroid dienone is 1. The van der Waals surface area contributed by atoms with Gasteiger partial charge in [-0.1, -0.05) is 79.4 Å². The van der Waals surface area contributed by atoms with E-state index in [1.807, 2.05) is 0 Å². The molecule has 0 spiro atoms. The number of rotatable bonds is 4. The fourth-order valence-corrected chi connectivity index (χ4v) is 4.35. The topological polar surface area (TPSA) is 0 Å². The molecular formula is C23H26. The maximum atomic E-state index is 2.50. The van der Waals surface area contributed by atoms with E-state index in [1.54, 1.807) is 5.57 Å². The predicted molar refractivity (Wildman–Crippen MR) is 99.5 cm³/mol. The maximum Gasteiger partial charge on any atom is -0.00574 e. The summed E-state index contributed by atoms with van der Waals surface area (Å²) >= 11 is 0. The third-order valence-corrected chi connectivity index (χ3v) is 6.09. The Morgan fingerprint density at radius 1 is 1.00 bits per heavy atom. The number of hydrogen-bond acceptors (Lipinski definition) is 0. The van der Waals surface area contributed by atoms with Crippen molar-refractivity contribution in [3.05, 3.63) is 64.7 Å². The summed E-state index contributed by atoms with van der Waals surface area (Å²) in [5.41, 5.74) is 9.34. The standard InChI is InChI=1S/C23H26/c1-3-23(12-5-13-23)16-18-14-20-6-4-7-21(22(20)15-18)19-10-8-17(2)9-11-19/h4,6-11,15H,3,5,12-14,16H2,1-2H3. The molecule has 0 aliphatic heterocycles. The van der Waals surface area contributed by atoms with E-state index >= 15 is 0 Å². The SMILES string of the molecule is CCC1(CC2=Cc3c(cccc3-c3ccc(C)cc3)C2)CCC1. The van der Waals surface area contributed by atoms with Crippen molar-refractivity contribution < 1.29 is 0 Å². The first-order valence-corrected chi connectivity index (χ1v) is 9.07. The van der Waals surface area contributed by atoms with Crippen molar-refractivity contribution in [2.75, 3.05) is 0 Å². The summed E-state index contributed by atoms with van der Waals surface area (Å²) in [4.78, 5) is 0. The largest absolute Gasteiger partial charge is 0.0648 e. The molecule has 2 aromatic carbocycles. The van der Waals surface area contributed by atoms with Crippen molar-refractivity contribution in [2.24, 2.45) is 5.41 Å². The highest BCUT2D eigenvalue weighted by Gasteiger charge is 2.36. The van der Waals surface area contributed by atoms with Gasteiger partial charge in [-0.05, 0) is 60.3 Å². The molecule has 4 rings (SSSR count). The summed E-state index contributed by atoms with van der Waals surface area (Å²) < 4.78 is 0. The van der Waals surface area contributed by atoms with E-state index in [9.17, 15) is 0 Å². The van der Waals surface area contributed by atoms with Crippen LogP contribution in [-0.4, -0.2) is 0 Å². The van der Waals surface area contributed by atoms with Gasteiger partial charge in [-0.3, -0.25) is 0 Å². The highest BCUT2D eigenvalue weighted by molar-refractivity contribution is 5.80. The Balaban J connectivity index is 1.66. The van der Waals surface area contributed by atoms with Gasteiger partial charge in [0.15, 0.2) is 0 Å². The second-order valence-corrected chi connectivity index (χ2v) is 7.61. The third kappa shape index (κ3) is 2.65. The van der Waals surface area contributed by atoms with E-state index in [1.165, 1.54) is 59.9 Å². The Morgan fingerprint density at radius 3 is 2.43 bits per heavy atom. The van der Waals surface area contributed by atoms with Crippen LogP contribution in [0.4, 0.5) is 0 Å². The van der Waals surface area contributed by atoms with Crippen molar-refractivity contribution >= 4 is 6.08 Å². The average molecular weight is 302 g/mol. The van der Waals surface area contributed by atoms with Crippen molar-refractivity contribution in [1.82, 2.24) is 0 Å². The van der Waals surface area contributed by atoms with Gasteiger partial charge in [-0.25, -0.2) is 0 Å². The molecule has 0 bridgehead atoms. The smallest absolute Gasteiger partial charge is 0.00574 e. The molecule has 0 atom stereocenters. The summed E-state index contributed by atoms with van der Waals surface area (Å²) in [6.07, 6.45) is 10.6. The number of hydrogen-bond donors (Lipinski definition) is 0. The molecule has 0 aromatic heterocycles. The normalized spacial score (nSPS) is 18.3. The molecule has 2 aromatic rings. The van der Waals surface area contributed by atoms with Gasteiger partial charge in [0.25, 0.3) is 0 Å². The zero-order valence-electron chi connectivity index (χ0n) is 14.4. The van der Waals surface area contributed by atoms with Crippen molar-refractivity contribution in [1.29, 1.82) is 0 Å². The van der Waals surface area contributed by atoms with Crippen LogP contribution in [-0.2, 0) is 6.42 Å². The molecule has 0 nitrogen and oxygen atoms in total. The van der Waals surface area contributed by atoms with Crippen LogP contribution in [0.25, 0.3) is 17.2 Å². The molecule has 0 N–H and O–H groups in total. The second-order valence-electron chi connectivity index (χ2n) is 7.61. The highest BCUT2D eigenvalue weighted by atomic mass is 14.4. The Labute approximate surface area is 140 Å². The second kappa shape index (κ2) is 5.67. The maximum absolute atomic E-state index is 2.50. The van der Waals surface area contributed by atoms with Gasteiger partial charge < -0.3 is 0 Å². The van der Waals surface area contributed by atoms with Crippen LogP contribution in [0.1, 0.15) is 55.7 Å². The van der Waals surface area contributed by atoms with E-state index < -0.39 is 0 Å². The first-order valence-electron chi connectivity index (χ1n) is 9.07. The van der Waals surface area contributed by atoms with Crippen LogP contribution in [0.15, 0.2) is 48.0 Å². The van der Waals surface area contributed by atoms with Gasteiger partial charge in [-0.15, -0.1) is 0 Å². The molecule has 0 saturated heterocycles. The quantitative estimate of drug-likeness (QED) is 0.599. The Hall–Kier alpha value is -1.82. The minimum Gasteiger partial charge on any atom is -0.0648 e. The van der Waals surface area contributed by atoms with Crippen LogP contribution < -0.4 is 0 Å². The van der Waals surface area contributed by atoms with Crippen LogP contribution in [0, 0.1) is 12.3 Å². The summed E-state index contributed by atoms with van der Waals surface area (Å²) in [6.45, 7) is 4.53. The summed E-state index contributed by atoms with van der Waals surface area (Å²) in [6, 6.07) is 15.8. The molecule has 0 radical (unpaired) electrons. The lowest BCUT2D eigenvalue weighted by atomic mass is 9.63. The number of benzene rings is 2. The van der Waals surface area contributed by atoms with Crippen LogP contribution in [0.2, 0.25) is 0 Å². The Bertz CT molecular complexity index is 737. The van der Waals surface area contributed by atoms with Crippen LogP contribution in [0.3, 0.4) is 0 Å². The summed E-state index contributed by atoms with van der Waals surface area (Å²) in [7, 11) is 0. The van der Waals surface area contributed by atoms with E-state index in [0.717, 1.165) is 6.42 Å². The molecule has 2 aliphatic rings. The molecule has 2 aliphatic carbocycles. The van der Waals surface area contributed by atoms with Gasteiger partial charge in [0, 0.05) is 0 Å². The lowest BCUT2D eigenvalue weighted by molar-refractivity contribution is 0.127. The summed E-state index contributed by atoms with van der Waals surface area (Å²) in [5.74, 6) is 0. The molecule has 0 heterocycles. The van der Waals surface area contributed by atoms with E-state index in [-0.39, 0.29) is 0 Å². The van der Waals surface area contributed by atoms with E-state index in [2.05, 4.69) is 62.4 Å². The first-order chi connectivity index (χ1) is 11.2. The molecule has 23 heavy (non-hydrogen) atoms. The zero-order valence-corrected chi connectivity index (χ0v) is 14.4. The van der Waals surface area contributed by atoms with Crippen molar-refractivity contribution in [3.8, 4) is 11.1 Å². The molecule has 1 saturated carbocycles. The van der Waals surface area contributed by atoms with Gasteiger partial charge >= 0.3 is 0 Å². The Kier molecular flexibility index (Phi) is 3.64. The van der Waals surface area contributed by atoms with Crippen LogP contribution in [0.5, 0.6) is 0 Å². The zero-order chi connectivity index (χ0) is 15.9. The lowest BCUT2D eigenvalue weighted by Crippen LogP contribution is -2.28. The average Bonchev–Trinajstić information content (AvgIpc) is 2.94. The Morgan fingerprint density at radius 2 is 1.78 bits per heavy atom. The van der Waals surface area contributed by atoms with Crippen molar-refractivity contribution in [2.45, 2.75) is 52.4 Å². The first kappa shape index (κ1) is 14.8. The monoisotopic (exact) mass is 302 g/mol. The third-order valence-electron chi connectivity index (χ3n) is 6.09.